The second kappa shape index (κ2) is 9.40. The van der Waals surface area contributed by atoms with E-state index in [1.54, 1.807) is 18.4 Å². The molecule has 2 aromatic carbocycles. The summed E-state index contributed by atoms with van der Waals surface area (Å²) in [7, 11) is 1.66. The number of hydrogen-bond acceptors (Lipinski definition) is 6. The van der Waals surface area contributed by atoms with Gasteiger partial charge in [-0.1, -0.05) is 47.1 Å². The molecule has 0 aliphatic carbocycles. The lowest BCUT2D eigenvalue weighted by molar-refractivity contribution is 0.396. The Kier molecular flexibility index (Phi) is 6.17. The molecule has 6 nitrogen and oxygen atoms in total. The first-order valence-corrected chi connectivity index (χ1v) is 12.2. The van der Waals surface area contributed by atoms with Crippen molar-refractivity contribution >= 4 is 34.2 Å². The van der Waals surface area contributed by atoms with Crippen molar-refractivity contribution in [3.05, 3.63) is 93.6 Å². The molecule has 172 valence electrons. The molecule has 1 N–H and O–H groups in total. The molecule has 34 heavy (non-hydrogen) atoms. The topological polar surface area (TPSA) is 63.4 Å². The summed E-state index contributed by atoms with van der Waals surface area (Å²) in [5.74, 6) is 1.83. The van der Waals surface area contributed by atoms with Crippen LogP contribution in [0.3, 0.4) is 0 Å². The maximum Gasteiger partial charge on any atom is 0.258 e. The molecule has 1 aliphatic rings. The van der Waals surface area contributed by atoms with Crippen LogP contribution in [0.25, 0.3) is 17.0 Å². The lowest BCUT2D eigenvalue weighted by Crippen LogP contribution is -2.45. The molecule has 1 aliphatic heterocycles. The zero-order valence-corrected chi connectivity index (χ0v) is 20.7. The molecule has 5 rings (SSSR count). The van der Waals surface area contributed by atoms with E-state index in [-0.39, 0.29) is 6.04 Å². The molecule has 0 saturated heterocycles. The van der Waals surface area contributed by atoms with Gasteiger partial charge in [0.2, 0.25) is 5.82 Å². The molecule has 1 unspecified atom stereocenters. The van der Waals surface area contributed by atoms with E-state index in [4.69, 9.17) is 26.5 Å². The van der Waals surface area contributed by atoms with Crippen molar-refractivity contribution in [1.29, 1.82) is 0 Å². The average molecular weight is 489 g/mol. The Morgan fingerprint density at radius 3 is 2.65 bits per heavy atom. The van der Waals surface area contributed by atoms with Gasteiger partial charge in [0, 0.05) is 16.1 Å². The Morgan fingerprint density at radius 1 is 1.12 bits per heavy atom. The number of benzene rings is 2. The smallest absolute Gasteiger partial charge is 0.258 e. The predicted molar refractivity (Wildman–Crippen MR) is 138 cm³/mol. The number of aromatic nitrogens is 2. The van der Waals surface area contributed by atoms with Crippen LogP contribution < -0.4 is 10.1 Å². The fraction of sp³-hybridized carbons (Fsp3) is 0.192. The highest BCUT2D eigenvalue weighted by molar-refractivity contribution is 7.80. The quantitative estimate of drug-likeness (QED) is 0.335. The second-order valence-corrected chi connectivity index (χ2v) is 9.53. The Balaban J connectivity index is 1.59. The van der Waals surface area contributed by atoms with Crippen LogP contribution in [-0.2, 0) is 6.54 Å². The molecule has 0 spiro atoms. The normalized spacial score (nSPS) is 16.0. The fourth-order valence-electron chi connectivity index (χ4n) is 4.09. The highest BCUT2D eigenvalue weighted by atomic mass is 32.1. The molecule has 0 bridgehead atoms. The van der Waals surface area contributed by atoms with Crippen LogP contribution in [0.15, 0.2) is 76.3 Å². The van der Waals surface area contributed by atoms with Gasteiger partial charge in [-0.2, -0.15) is 4.98 Å². The predicted octanol–water partition coefficient (Wildman–Crippen LogP) is 5.98. The van der Waals surface area contributed by atoms with Gasteiger partial charge in [-0.15, -0.1) is 11.3 Å². The van der Waals surface area contributed by atoms with Gasteiger partial charge < -0.3 is 19.5 Å². The Morgan fingerprint density at radius 2 is 1.94 bits per heavy atom. The summed E-state index contributed by atoms with van der Waals surface area (Å²) in [4.78, 5) is 8.10. The van der Waals surface area contributed by atoms with Gasteiger partial charge in [0.15, 0.2) is 5.11 Å². The summed E-state index contributed by atoms with van der Waals surface area (Å²) in [6.07, 6.45) is 0. The summed E-state index contributed by atoms with van der Waals surface area (Å²) in [6, 6.07) is 19.9. The number of thiophene rings is 1. The summed E-state index contributed by atoms with van der Waals surface area (Å²) in [6.45, 7) is 4.78. The van der Waals surface area contributed by atoms with Gasteiger partial charge in [-0.05, 0) is 61.3 Å². The third-order valence-electron chi connectivity index (χ3n) is 5.87. The molecule has 4 aromatic rings. The number of hydrogen-bond donors (Lipinski definition) is 1. The van der Waals surface area contributed by atoms with E-state index in [1.165, 1.54) is 4.88 Å². The van der Waals surface area contributed by atoms with Crippen LogP contribution in [0.4, 0.5) is 0 Å². The standard InChI is InChI=1S/C26H24N4O2S2/c1-16-6-4-7-19(14-16)24-28-25(32-29-24)22-17(2)30(15-21-8-5-13-34-21)26(33)27-23(22)18-9-11-20(31-3)12-10-18/h4-14,23H,15H2,1-3H3,(H,27,33). The van der Waals surface area contributed by atoms with Crippen LogP contribution in [0.2, 0.25) is 0 Å². The largest absolute Gasteiger partial charge is 0.497 e. The van der Waals surface area contributed by atoms with Crippen LogP contribution >= 0.6 is 23.6 Å². The van der Waals surface area contributed by atoms with E-state index in [2.05, 4.69) is 33.7 Å². The number of thiocarbonyl (C=S) groups is 1. The Hall–Kier alpha value is -3.49. The van der Waals surface area contributed by atoms with Crippen molar-refractivity contribution in [2.75, 3.05) is 7.11 Å². The number of nitrogens with zero attached hydrogens (tertiary/aromatic N) is 3. The summed E-state index contributed by atoms with van der Waals surface area (Å²) in [5.41, 5.74) is 4.98. The van der Waals surface area contributed by atoms with Crippen molar-refractivity contribution in [3.63, 3.8) is 0 Å². The molecule has 2 aromatic heterocycles. The molecule has 1 atom stereocenters. The van der Waals surface area contributed by atoms with E-state index in [1.807, 2.05) is 61.5 Å². The van der Waals surface area contributed by atoms with Gasteiger partial charge >= 0.3 is 0 Å². The van der Waals surface area contributed by atoms with Crippen molar-refractivity contribution in [1.82, 2.24) is 20.4 Å². The van der Waals surface area contributed by atoms with E-state index in [0.717, 1.165) is 33.7 Å². The maximum atomic E-state index is 5.83. The molecule has 0 radical (unpaired) electrons. The number of aryl methyl sites for hydroxylation is 1. The summed E-state index contributed by atoms with van der Waals surface area (Å²) in [5, 5.41) is 10.5. The van der Waals surface area contributed by atoms with Crippen LogP contribution in [0, 0.1) is 6.92 Å². The van der Waals surface area contributed by atoms with Crippen LogP contribution in [0.1, 0.15) is 34.9 Å². The highest BCUT2D eigenvalue weighted by Gasteiger charge is 2.34. The summed E-state index contributed by atoms with van der Waals surface area (Å²) >= 11 is 7.50. The van der Waals surface area contributed by atoms with E-state index in [0.29, 0.717) is 23.4 Å². The minimum absolute atomic E-state index is 0.233. The summed E-state index contributed by atoms with van der Waals surface area (Å²) < 4.78 is 11.2. The number of nitrogens with one attached hydrogen (secondary N) is 1. The Labute approximate surface area is 207 Å². The van der Waals surface area contributed by atoms with Gasteiger partial charge in [-0.3, -0.25) is 0 Å². The van der Waals surface area contributed by atoms with Crippen LogP contribution in [-0.4, -0.2) is 27.3 Å². The zero-order chi connectivity index (χ0) is 23.7. The third-order valence-corrected chi connectivity index (χ3v) is 7.07. The second-order valence-electron chi connectivity index (χ2n) is 8.11. The first kappa shape index (κ1) is 22.3. The minimum Gasteiger partial charge on any atom is -0.497 e. The van der Waals surface area contributed by atoms with Crippen molar-refractivity contribution in [3.8, 4) is 17.1 Å². The SMILES string of the molecule is COc1ccc(C2NC(=S)N(Cc3cccs3)C(C)=C2c2nc(-c3cccc(C)c3)no2)cc1. The molecular formula is C26H24N4O2S2. The van der Waals surface area contributed by atoms with E-state index in [9.17, 15) is 0 Å². The molecule has 0 saturated carbocycles. The van der Waals surface area contributed by atoms with E-state index >= 15 is 0 Å². The molecule has 8 heteroatoms. The fourth-order valence-corrected chi connectivity index (χ4v) is 5.10. The first-order valence-electron chi connectivity index (χ1n) is 10.9. The molecular weight excluding hydrogens is 464 g/mol. The van der Waals surface area contributed by atoms with Crippen molar-refractivity contribution in [2.24, 2.45) is 0 Å². The van der Waals surface area contributed by atoms with Crippen LogP contribution in [0.5, 0.6) is 5.75 Å². The molecule has 0 fully saturated rings. The number of rotatable bonds is 6. The zero-order valence-electron chi connectivity index (χ0n) is 19.1. The van der Waals surface area contributed by atoms with E-state index < -0.39 is 0 Å². The van der Waals surface area contributed by atoms with Gasteiger partial charge in [0.05, 0.1) is 25.3 Å². The maximum absolute atomic E-state index is 5.83. The average Bonchev–Trinajstić information content (AvgIpc) is 3.54. The third kappa shape index (κ3) is 4.34. The number of allylic oxidation sites excluding steroid dienone is 1. The highest BCUT2D eigenvalue weighted by Crippen LogP contribution is 2.38. The Bertz CT molecular complexity index is 1340. The lowest BCUT2D eigenvalue weighted by Gasteiger charge is -2.37. The van der Waals surface area contributed by atoms with Crippen molar-refractivity contribution in [2.45, 2.75) is 26.4 Å². The monoisotopic (exact) mass is 488 g/mol. The number of methoxy groups -OCH3 is 1. The lowest BCUT2D eigenvalue weighted by atomic mass is 9.94. The van der Waals surface area contributed by atoms with Gasteiger partial charge in [0.1, 0.15) is 5.75 Å². The van der Waals surface area contributed by atoms with Crippen molar-refractivity contribution < 1.29 is 9.26 Å². The number of ether oxygens (including phenoxy) is 1. The minimum atomic E-state index is -0.233. The molecule has 3 heterocycles. The van der Waals surface area contributed by atoms with Gasteiger partial charge in [0.25, 0.3) is 5.89 Å². The first-order chi connectivity index (χ1) is 16.5. The van der Waals surface area contributed by atoms with Gasteiger partial charge in [-0.25, -0.2) is 0 Å². The molecule has 0 amide bonds.